The van der Waals surface area contributed by atoms with Crippen LogP contribution in [0.25, 0.3) is 11.4 Å². The fourth-order valence-electron chi connectivity index (χ4n) is 3.35. The molecule has 1 amide bonds. The zero-order valence-corrected chi connectivity index (χ0v) is 17.9. The number of aryl methyl sites for hydroxylation is 2. The number of benzene rings is 2. The van der Waals surface area contributed by atoms with Gasteiger partial charge >= 0.3 is 0 Å². The molecular weight excluding hydrogens is 430 g/mol. The van der Waals surface area contributed by atoms with Gasteiger partial charge in [-0.1, -0.05) is 22.0 Å². The van der Waals surface area contributed by atoms with Crippen LogP contribution in [0.2, 0.25) is 0 Å². The highest BCUT2D eigenvalue weighted by atomic mass is 79.9. The zero-order chi connectivity index (χ0) is 20.5. The van der Waals surface area contributed by atoms with E-state index in [-0.39, 0.29) is 5.91 Å². The molecular formula is C22H20BrN5O. The van der Waals surface area contributed by atoms with Crippen LogP contribution in [0, 0.1) is 20.8 Å². The van der Waals surface area contributed by atoms with Crippen molar-refractivity contribution in [3.8, 4) is 11.4 Å². The Kier molecular flexibility index (Phi) is 5.07. The van der Waals surface area contributed by atoms with Crippen LogP contribution < -0.4 is 5.32 Å². The van der Waals surface area contributed by atoms with Crippen molar-refractivity contribution in [1.29, 1.82) is 0 Å². The third kappa shape index (κ3) is 3.73. The van der Waals surface area contributed by atoms with Crippen LogP contribution in [0.5, 0.6) is 0 Å². The number of halogens is 1. The summed E-state index contributed by atoms with van der Waals surface area (Å²) in [5.74, 6) is -0.183. The van der Waals surface area contributed by atoms with Crippen LogP contribution in [0.3, 0.4) is 0 Å². The SMILES string of the molecule is Cc1nn(-c2ccc(Br)cc2)c(C)c1C(=O)Nc1cccc(-n2nccc2C)c1. The molecule has 4 rings (SSSR count). The van der Waals surface area contributed by atoms with Crippen molar-refractivity contribution in [1.82, 2.24) is 19.6 Å². The van der Waals surface area contributed by atoms with Crippen LogP contribution in [0.1, 0.15) is 27.4 Å². The molecule has 0 saturated carbocycles. The molecule has 2 aromatic heterocycles. The van der Waals surface area contributed by atoms with Gasteiger partial charge in [0.1, 0.15) is 0 Å². The maximum Gasteiger partial charge on any atom is 0.259 e. The van der Waals surface area contributed by atoms with Crippen molar-refractivity contribution in [3.63, 3.8) is 0 Å². The number of hydrogen-bond acceptors (Lipinski definition) is 3. The van der Waals surface area contributed by atoms with Crippen LogP contribution in [-0.4, -0.2) is 25.5 Å². The van der Waals surface area contributed by atoms with E-state index in [1.807, 2.05) is 80.1 Å². The van der Waals surface area contributed by atoms with E-state index in [0.717, 1.165) is 27.2 Å². The van der Waals surface area contributed by atoms with Crippen LogP contribution >= 0.6 is 15.9 Å². The molecule has 2 aromatic carbocycles. The van der Waals surface area contributed by atoms with Gasteiger partial charge in [0.15, 0.2) is 0 Å². The molecule has 146 valence electrons. The van der Waals surface area contributed by atoms with E-state index in [1.54, 1.807) is 10.9 Å². The Morgan fingerprint density at radius 1 is 0.966 bits per heavy atom. The van der Waals surface area contributed by atoms with E-state index in [4.69, 9.17) is 0 Å². The smallest absolute Gasteiger partial charge is 0.259 e. The molecule has 7 heteroatoms. The lowest BCUT2D eigenvalue weighted by molar-refractivity contribution is 0.102. The second-order valence-corrected chi connectivity index (χ2v) is 7.74. The molecule has 0 fully saturated rings. The van der Waals surface area contributed by atoms with Gasteiger partial charge in [0.25, 0.3) is 5.91 Å². The molecule has 4 aromatic rings. The van der Waals surface area contributed by atoms with Crippen LogP contribution in [0.4, 0.5) is 5.69 Å². The molecule has 29 heavy (non-hydrogen) atoms. The highest BCUT2D eigenvalue weighted by molar-refractivity contribution is 9.10. The summed E-state index contributed by atoms with van der Waals surface area (Å²) < 4.78 is 4.62. The first-order chi connectivity index (χ1) is 13.9. The van der Waals surface area contributed by atoms with E-state index in [9.17, 15) is 4.79 Å². The molecule has 0 spiro atoms. The Hall–Kier alpha value is -3.19. The average molecular weight is 450 g/mol. The molecule has 0 saturated heterocycles. The Morgan fingerprint density at radius 2 is 1.72 bits per heavy atom. The average Bonchev–Trinajstić information content (AvgIpc) is 3.25. The summed E-state index contributed by atoms with van der Waals surface area (Å²) in [5, 5.41) is 11.9. The summed E-state index contributed by atoms with van der Waals surface area (Å²) in [7, 11) is 0. The lowest BCUT2D eigenvalue weighted by Crippen LogP contribution is -2.14. The van der Waals surface area contributed by atoms with Crippen molar-refractivity contribution >= 4 is 27.5 Å². The monoisotopic (exact) mass is 449 g/mol. The molecule has 0 aliphatic carbocycles. The first kappa shape index (κ1) is 19.1. The highest BCUT2D eigenvalue weighted by Crippen LogP contribution is 2.22. The number of hydrogen-bond donors (Lipinski definition) is 1. The fraction of sp³-hybridized carbons (Fsp3) is 0.136. The van der Waals surface area contributed by atoms with E-state index >= 15 is 0 Å². The van der Waals surface area contributed by atoms with Gasteiger partial charge in [-0.05, 0) is 69.3 Å². The van der Waals surface area contributed by atoms with Gasteiger partial charge in [-0.15, -0.1) is 0 Å². The number of amides is 1. The Bertz CT molecular complexity index is 1190. The van der Waals surface area contributed by atoms with Gasteiger partial charge < -0.3 is 5.32 Å². The molecule has 1 N–H and O–H groups in total. The summed E-state index contributed by atoms with van der Waals surface area (Å²) in [4.78, 5) is 13.0. The van der Waals surface area contributed by atoms with Gasteiger partial charge in [0.2, 0.25) is 0 Å². The maximum atomic E-state index is 13.0. The second-order valence-electron chi connectivity index (χ2n) is 6.82. The molecule has 0 radical (unpaired) electrons. The van der Waals surface area contributed by atoms with Crippen LogP contribution in [-0.2, 0) is 0 Å². The second kappa shape index (κ2) is 7.67. The van der Waals surface area contributed by atoms with E-state index in [2.05, 4.69) is 31.4 Å². The number of anilines is 1. The Morgan fingerprint density at radius 3 is 2.41 bits per heavy atom. The van der Waals surface area contributed by atoms with Crippen molar-refractivity contribution in [2.75, 3.05) is 5.32 Å². The quantitative estimate of drug-likeness (QED) is 0.476. The molecule has 0 aliphatic heterocycles. The lowest BCUT2D eigenvalue weighted by atomic mass is 10.1. The first-order valence-corrected chi connectivity index (χ1v) is 9.98. The van der Waals surface area contributed by atoms with Crippen molar-refractivity contribution in [2.45, 2.75) is 20.8 Å². The molecule has 0 bridgehead atoms. The lowest BCUT2D eigenvalue weighted by Gasteiger charge is -2.09. The van der Waals surface area contributed by atoms with E-state index < -0.39 is 0 Å². The molecule has 0 aliphatic rings. The van der Waals surface area contributed by atoms with Gasteiger partial charge in [-0.25, -0.2) is 9.36 Å². The van der Waals surface area contributed by atoms with Crippen molar-refractivity contribution in [2.24, 2.45) is 0 Å². The van der Waals surface area contributed by atoms with Gasteiger partial charge in [-0.2, -0.15) is 10.2 Å². The zero-order valence-electron chi connectivity index (χ0n) is 16.3. The first-order valence-electron chi connectivity index (χ1n) is 9.18. The summed E-state index contributed by atoms with van der Waals surface area (Å²) in [6, 6.07) is 17.4. The molecule has 0 atom stereocenters. The fourth-order valence-corrected chi connectivity index (χ4v) is 3.62. The van der Waals surface area contributed by atoms with Crippen LogP contribution in [0.15, 0.2) is 65.3 Å². The molecule has 2 heterocycles. The van der Waals surface area contributed by atoms with Gasteiger partial charge in [-0.3, -0.25) is 4.79 Å². The third-order valence-electron chi connectivity index (χ3n) is 4.77. The predicted octanol–water partition coefficient (Wildman–Crippen LogP) is 5.00. The largest absolute Gasteiger partial charge is 0.322 e. The summed E-state index contributed by atoms with van der Waals surface area (Å²) in [6.45, 7) is 5.74. The number of aromatic nitrogens is 4. The minimum atomic E-state index is -0.183. The summed E-state index contributed by atoms with van der Waals surface area (Å²) in [6.07, 6.45) is 1.75. The number of nitrogens with zero attached hydrogens (tertiary/aromatic N) is 4. The Labute approximate surface area is 177 Å². The van der Waals surface area contributed by atoms with Crippen molar-refractivity contribution in [3.05, 3.63) is 87.9 Å². The number of nitrogens with one attached hydrogen (secondary N) is 1. The number of carbonyl (C=O) groups excluding carboxylic acids is 1. The van der Waals surface area contributed by atoms with E-state index in [1.165, 1.54) is 0 Å². The highest BCUT2D eigenvalue weighted by Gasteiger charge is 2.20. The minimum absolute atomic E-state index is 0.183. The summed E-state index contributed by atoms with van der Waals surface area (Å²) in [5.41, 5.74) is 5.58. The third-order valence-corrected chi connectivity index (χ3v) is 5.30. The minimum Gasteiger partial charge on any atom is -0.322 e. The maximum absolute atomic E-state index is 13.0. The van der Waals surface area contributed by atoms with Crippen molar-refractivity contribution < 1.29 is 4.79 Å². The number of carbonyl (C=O) groups is 1. The molecule has 6 nitrogen and oxygen atoms in total. The number of rotatable bonds is 4. The standard InChI is InChI=1S/C22H20BrN5O/c1-14-11-12-24-27(14)20-6-4-5-18(13-20)25-22(29)21-15(2)26-28(16(21)3)19-9-7-17(23)8-10-19/h4-13H,1-3H3,(H,25,29). The summed E-state index contributed by atoms with van der Waals surface area (Å²) >= 11 is 3.44. The van der Waals surface area contributed by atoms with Gasteiger partial charge in [0, 0.05) is 22.1 Å². The Balaban J connectivity index is 1.63. The van der Waals surface area contributed by atoms with E-state index in [0.29, 0.717) is 16.9 Å². The molecule has 0 unspecified atom stereocenters. The van der Waals surface area contributed by atoms with Gasteiger partial charge in [0.05, 0.1) is 28.3 Å². The predicted molar refractivity (Wildman–Crippen MR) is 117 cm³/mol. The normalized spacial score (nSPS) is 10.9. The topological polar surface area (TPSA) is 64.7 Å².